The summed E-state index contributed by atoms with van der Waals surface area (Å²) in [5.74, 6) is 3.69. The van der Waals surface area contributed by atoms with Gasteiger partial charge in [-0.3, -0.25) is 0 Å². The molecule has 0 radical (unpaired) electrons. The molecule has 4 fully saturated rings. The molecular weight excluding hydrogens is 240 g/mol. The third kappa shape index (κ3) is 1.67. The molecule has 0 spiro atoms. The molecule has 102 valence electrons. The summed E-state index contributed by atoms with van der Waals surface area (Å²) in [5, 5.41) is 0. The average Bonchev–Trinajstić information content (AvgIpc) is 2.86. The second-order valence-corrected chi connectivity index (χ2v) is 6.85. The maximum atomic E-state index is 11.5. The van der Waals surface area contributed by atoms with E-state index in [1.807, 2.05) is 6.07 Å². The molecule has 0 aliphatic heterocycles. The minimum absolute atomic E-state index is 0.223. The van der Waals surface area contributed by atoms with E-state index in [1.165, 1.54) is 45.6 Å². The zero-order chi connectivity index (χ0) is 13.0. The Morgan fingerprint density at radius 2 is 1.74 bits per heavy atom. The van der Waals surface area contributed by atoms with E-state index in [2.05, 4.69) is 0 Å². The van der Waals surface area contributed by atoms with Gasteiger partial charge in [0.1, 0.15) is 5.76 Å². The SMILES string of the molecule is COC(=O)c1ccc(C23CC4CC(CC(C4)C2)C3)o1. The second kappa shape index (κ2) is 3.87. The standard InChI is InChI=1S/C16H20O3/c1-18-15(17)13-2-3-14(19-13)16-7-10-4-11(8-16)6-12(5-10)9-16/h2-3,10-12H,4-9H2,1H3. The molecule has 0 atom stereocenters. The minimum Gasteiger partial charge on any atom is -0.463 e. The van der Waals surface area contributed by atoms with Crippen LogP contribution in [-0.4, -0.2) is 13.1 Å². The summed E-state index contributed by atoms with van der Waals surface area (Å²) in [6.45, 7) is 0. The van der Waals surface area contributed by atoms with Gasteiger partial charge in [0, 0.05) is 5.41 Å². The van der Waals surface area contributed by atoms with Crippen molar-refractivity contribution in [1.29, 1.82) is 0 Å². The number of rotatable bonds is 2. The van der Waals surface area contributed by atoms with E-state index in [1.54, 1.807) is 6.07 Å². The maximum absolute atomic E-state index is 11.5. The van der Waals surface area contributed by atoms with Crippen LogP contribution in [0, 0.1) is 17.8 Å². The molecule has 0 saturated heterocycles. The van der Waals surface area contributed by atoms with Crippen molar-refractivity contribution >= 4 is 5.97 Å². The Labute approximate surface area is 113 Å². The van der Waals surface area contributed by atoms with Crippen molar-refractivity contribution in [3.05, 3.63) is 23.7 Å². The molecule has 3 nitrogen and oxygen atoms in total. The van der Waals surface area contributed by atoms with Crippen LogP contribution in [0.15, 0.2) is 16.5 Å². The highest BCUT2D eigenvalue weighted by atomic mass is 16.5. The Hall–Kier alpha value is -1.25. The van der Waals surface area contributed by atoms with Gasteiger partial charge < -0.3 is 9.15 Å². The summed E-state index contributed by atoms with van der Waals surface area (Å²) in [6.07, 6.45) is 8.03. The number of carbonyl (C=O) groups excluding carboxylic acids is 1. The minimum atomic E-state index is -0.365. The molecule has 3 heteroatoms. The van der Waals surface area contributed by atoms with Crippen molar-refractivity contribution < 1.29 is 13.9 Å². The largest absolute Gasteiger partial charge is 0.463 e. The number of hydrogen-bond donors (Lipinski definition) is 0. The number of ether oxygens (including phenoxy) is 1. The molecular formula is C16H20O3. The van der Waals surface area contributed by atoms with Gasteiger partial charge in [-0.15, -0.1) is 0 Å². The quantitative estimate of drug-likeness (QED) is 0.764. The predicted molar refractivity (Wildman–Crippen MR) is 69.9 cm³/mol. The third-order valence-corrected chi connectivity index (χ3v) is 5.55. The van der Waals surface area contributed by atoms with Gasteiger partial charge in [0.05, 0.1) is 7.11 Å². The van der Waals surface area contributed by atoms with E-state index >= 15 is 0 Å². The lowest BCUT2D eigenvalue weighted by Gasteiger charge is -2.55. The Balaban J connectivity index is 1.68. The molecule has 0 aromatic carbocycles. The Kier molecular flexibility index (Phi) is 2.36. The van der Waals surface area contributed by atoms with Crippen molar-refractivity contribution in [2.75, 3.05) is 7.11 Å². The van der Waals surface area contributed by atoms with Crippen LogP contribution >= 0.6 is 0 Å². The van der Waals surface area contributed by atoms with Crippen molar-refractivity contribution in [3.63, 3.8) is 0 Å². The lowest BCUT2D eigenvalue weighted by atomic mass is 9.49. The molecule has 1 aromatic rings. The monoisotopic (exact) mass is 260 g/mol. The Morgan fingerprint density at radius 1 is 1.16 bits per heavy atom. The molecule has 5 rings (SSSR count). The van der Waals surface area contributed by atoms with Crippen molar-refractivity contribution in [3.8, 4) is 0 Å². The molecule has 19 heavy (non-hydrogen) atoms. The average molecular weight is 260 g/mol. The molecule has 0 N–H and O–H groups in total. The van der Waals surface area contributed by atoms with E-state index < -0.39 is 0 Å². The lowest BCUT2D eigenvalue weighted by Crippen LogP contribution is -2.48. The highest BCUT2D eigenvalue weighted by molar-refractivity contribution is 5.86. The summed E-state index contributed by atoms with van der Waals surface area (Å²) in [7, 11) is 1.40. The lowest BCUT2D eigenvalue weighted by molar-refractivity contribution is -0.0157. The predicted octanol–water partition coefficient (Wildman–Crippen LogP) is 3.53. The van der Waals surface area contributed by atoms with E-state index in [9.17, 15) is 4.79 Å². The van der Waals surface area contributed by atoms with Crippen LogP contribution in [0.3, 0.4) is 0 Å². The maximum Gasteiger partial charge on any atom is 0.373 e. The van der Waals surface area contributed by atoms with Crippen molar-refractivity contribution in [1.82, 2.24) is 0 Å². The first kappa shape index (κ1) is 11.6. The first-order valence-corrected chi connectivity index (χ1v) is 7.37. The summed E-state index contributed by atoms with van der Waals surface area (Å²) in [4.78, 5) is 11.5. The number of hydrogen-bond acceptors (Lipinski definition) is 3. The molecule has 4 bridgehead atoms. The van der Waals surface area contributed by atoms with Gasteiger partial charge in [-0.1, -0.05) is 0 Å². The fourth-order valence-corrected chi connectivity index (χ4v) is 5.25. The van der Waals surface area contributed by atoms with Gasteiger partial charge in [-0.25, -0.2) is 4.79 Å². The van der Waals surface area contributed by atoms with E-state index in [-0.39, 0.29) is 11.4 Å². The van der Waals surface area contributed by atoms with Crippen molar-refractivity contribution in [2.24, 2.45) is 17.8 Å². The fourth-order valence-electron chi connectivity index (χ4n) is 5.25. The topological polar surface area (TPSA) is 39.4 Å². The smallest absolute Gasteiger partial charge is 0.373 e. The fraction of sp³-hybridized carbons (Fsp3) is 0.688. The summed E-state index contributed by atoms with van der Waals surface area (Å²) in [6, 6.07) is 3.79. The van der Waals surface area contributed by atoms with Gasteiger partial charge in [0.15, 0.2) is 0 Å². The molecule has 4 saturated carbocycles. The third-order valence-electron chi connectivity index (χ3n) is 5.55. The summed E-state index contributed by atoms with van der Waals surface area (Å²) < 4.78 is 10.6. The first-order valence-electron chi connectivity index (χ1n) is 7.37. The molecule has 4 aliphatic rings. The van der Waals surface area contributed by atoms with Crippen LogP contribution in [-0.2, 0) is 10.2 Å². The van der Waals surface area contributed by atoms with Crippen LogP contribution in [0.25, 0.3) is 0 Å². The van der Waals surface area contributed by atoms with E-state index in [0.717, 1.165) is 23.5 Å². The normalized spacial score (nSPS) is 39.5. The van der Waals surface area contributed by atoms with Crippen LogP contribution in [0.2, 0.25) is 0 Å². The molecule has 0 amide bonds. The highest BCUT2D eigenvalue weighted by Gasteiger charge is 2.53. The first-order chi connectivity index (χ1) is 9.18. The number of methoxy groups -OCH3 is 1. The Bertz CT molecular complexity index is 479. The van der Waals surface area contributed by atoms with Crippen molar-refractivity contribution in [2.45, 2.75) is 43.9 Å². The number of carbonyl (C=O) groups is 1. The van der Waals surface area contributed by atoms with Gasteiger partial charge in [0.2, 0.25) is 5.76 Å². The second-order valence-electron chi connectivity index (χ2n) is 6.85. The zero-order valence-corrected chi connectivity index (χ0v) is 11.4. The summed E-state index contributed by atoms with van der Waals surface area (Å²) >= 11 is 0. The molecule has 4 aliphatic carbocycles. The van der Waals surface area contributed by atoms with Gasteiger partial charge in [-0.2, -0.15) is 0 Å². The Morgan fingerprint density at radius 3 is 2.26 bits per heavy atom. The molecule has 1 aromatic heterocycles. The van der Waals surface area contributed by atoms with Gasteiger partial charge in [0.25, 0.3) is 0 Å². The van der Waals surface area contributed by atoms with Crippen LogP contribution in [0.1, 0.15) is 54.8 Å². The van der Waals surface area contributed by atoms with Gasteiger partial charge >= 0.3 is 5.97 Å². The molecule has 0 unspecified atom stereocenters. The number of furan rings is 1. The van der Waals surface area contributed by atoms with Crippen LogP contribution < -0.4 is 0 Å². The van der Waals surface area contributed by atoms with E-state index in [0.29, 0.717) is 5.76 Å². The summed E-state index contributed by atoms with van der Waals surface area (Å²) in [5.41, 5.74) is 0.223. The highest BCUT2D eigenvalue weighted by Crippen LogP contribution is 2.60. The van der Waals surface area contributed by atoms with E-state index in [4.69, 9.17) is 9.15 Å². The molecule has 1 heterocycles. The van der Waals surface area contributed by atoms with Gasteiger partial charge in [-0.05, 0) is 68.4 Å². The van der Waals surface area contributed by atoms with Crippen LogP contribution in [0.4, 0.5) is 0 Å². The van der Waals surface area contributed by atoms with Crippen LogP contribution in [0.5, 0.6) is 0 Å². The number of esters is 1. The zero-order valence-electron chi connectivity index (χ0n) is 11.4.